The van der Waals surface area contributed by atoms with E-state index in [1.54, 1.807) is 12.1 Å². The number of nitrogens with two attached hydrogens (primary N) is 1. The van der Waals surface area contributed by atoms with Crippen LogP contribution in [0.2, 0.25) is 0 Å². The summed E-state index contributed by atoms with van der Waals surface area (Å²) in [6, 6.07) is 6.21. The third kappa shape index (κ3) is 2.38. The highest BCUT2D eigenvalue weighted by Gasteiger charge is 2.31. The third-order valence-corrected chi connectivity index (χ3v) is 3.80. The van der Waals surface area contributed by atoms with Gasteiger partial charge < -0.3 is 10.3 Å². The molecule has 1 heterocycles. The Hall–Kier alpha value is -1.75. The molecule has 19 heavy (non-hydrogen) atoms. The lowest BCUT2D eigenvalue weighted by Gasteiger charge is -2.12. The predicted octanol–water partition coefficient (Wildman–Crippen LogP) is 2.72. The van der Waals surface area contributed by atoms with Crippen LogP contribution in [0.15, 0.2) is 28.8 Å². The van der Waals surface area contributed by atoms with Gasteiger partial charge in [0.1, 0.15) is 5.82 Å². The molecule has 4 nitrogen and oxygen atoms in total. The second kappa shape index (κ2) is 5.09. The fourth-order valence-corrected chi connectivity index (χ4v) is 2.77. The number of rotatable bonds is 3. The Balaban J connectivity index is 1.87. The summed E-state index contributed by atoms with van der Waals surface area (Å²) in [5.41, 5.74) is 6.40. The van der Waals surface area contributed by atoms with Crippen LogP contribution in [0, 0.1) is 11.7 Å². The first-order chi connectivity index (χ1) is 9.28. The molecule has 0 spiro atoms. The lowest BCUT2D eigenvalue weighted by molar-refractivity contribution is 0.326. The van der Waals surface area contributed by atoms with E-state index in [1.165, 1.54) is 12.1 Å². The van der Waals surface area contributed by atoms with Crippen molar-refractivity contribution in [2.24, 2.45) is 11.7 Å². The van der Waals surface area contributed by atoms with Crippen molar-refractivity contribution in [2.45, 2.75) is 25.2 Å². The summed E-state index contributed by atoms with van der Waals surface area (Å²) in [6.45, 7) is 0.641. The third-order valence-electron chi connectivity index (χ3n) is 3.80. The van der Waals surface area contributed by atoms with Crippen molar-refractivity contribution in [3.8, 4) is 11.4 Å². The Morgan fingerprint density at radius 1 is 1.37 bits per heavy atom. The Labute approximate surface area is 110 Å². The SMILES string of the molecule is NCC1CCCC1c1nc(-c2cccc(F)c2)no1. The van der Waals surface area contributed by atoms with Crippen molar-refractivity contribution < 1.29 is 8.91 Å². The summed E-state index contributed by atoms with van der Waals surface area (Å²) in [6.07, 6.45) is 3.29. The summed E-state index contributed by atoms with van der Waals surface area (Å²) >= 11 is 0. The summed E-state index contributed by atoms with van der Waals surface area (Å²) < 4.78 is 18.5. The molecular formula is C14H16FN3O. The van der Waals surface area contributed by atoms with Gasteiger partial charge in [-0.3, -0.25) is 0 Å². The largest absolute Gasteiger partial charge is 0.339 e. The van der Waals surface area contributed by atoms with Gasteiger partial charge in [-0.05, 0) is 37.4 Å². The van der Waals surface area contributed by atoms with Crippen LogP contribution in [0.1, 0.15) is 31.1 Å². The van der Waals surface area contributed by atoms with E-state index in [1.807, 2.05) is 0 Å². The summed E-state index contributed by atoms with van der Waals surface area (Å²) in [5, 5.41) is 3.95. The van der Waals surface area contributed by atoms with Gasteiger partial charge in [-0.25, -0.2) is 4.39 Å². The number of nitrogens with zero attached hydrogens (tertiary/aromatic N) is 2. The highest BCUT2D eigenvalue weighted by molar-refractivity contribution is 5.53. The summed E-state index contributed by atoms with van der Waals surface area (Å²) in [7, 11) is 0. The maximum absolute atomic E-state index is 13.2. The lowest BCUT2D eigenvalue weighted by atomic mass is 9.96. The van der Waals surface area contributed by atoms with E-state index in [0.29, 0.717) is 29.7 Å². The molecule has 0 aliphatic heterocycles. The van der Waals surface area contributed by atoms with Gasteiger partial charge in [0.05, 0.1) is 0 Å². The van der Waals surface area contributed by atoms with Gasteiger partial charge in [-0.1, -0.05) is 23.7 Å². The van der Waals surface area contributed by atoms with Crippen LogP contribution in [-0.2, 0) is 0 Å². The molecule has 1 fully saturated rings. The quantitative estimate of drug-likeness (QED) is 0.922. The molecule has 1 saturated carbocycles. The predicted molar refractivity (Wildman–Crippen MR) is 68.8 cm³/mol. The van der Waals surface area contributed by atoms with Crippen LogP contribution in [0.4, 0.5) is 4.39 Å². The average Bonchev–Trinajstić information content (AvgIpc) is 3.07. The Morgan fingerprint density at radius 3 is 3.05 bits per heavy atom. The minimum Gasteiger partial charge on any atom is -0.339 e. The molecule has 3 rings (SSSR count). The Kier molecular flexibility index (Phi) is 3.29. The second-order valence-electron chi connectivity index (χ2n) is 5.00. The van der Waals surface area contributed by atoms with Crippen LogP contribution in [0.3, 0.4) is 0 Å². The smallest absolute Gasteiger partial charge is 0.230 e. The number of halogens is 1. The standard InChI is InChI=1S/C14H16FN3O/c15-11-5-1-3-9(7-11)13-17-14(19-18-13)12-6-2-4-10(12)8-16/h1,3,5,7,10,12H,2,4,6,8,16H2. The molecule has 0 bridgehead atoms. The fraction of sp³-hybridized carbons (Fsp3) is 0.429. The second-order valence-corrected chi connectivity index (χ2v) is 5.00. The molecule has 0 radical (unpaired) electrons. The van der Waals surface area contributed by atoms with E-state index >= 15 is 0 Å². The summed E-state index contributed by atoms with van der Waals surface area (Å²) in [4.78, 5) is 4.40. The van der Waals surface area contributed by atoms with Crippen molar-refractivity contribution in [1.29, 1.82) is 0 Å². The first-order valence-electron chi connectivity index (χ1n) is 6.57. The van der Waals surface area contributed by atoms with Gasteiger partial charge in [-0.2, -0.15) is 4.98 Å². The molecule has 2 aromatic rings. The van der Waals surface area contributed by atoms with Gasteiger partial charge in [0.25, 0.3) is 0 Å². The monoisotopic (exact) mass is 261 g/mol. The molecular weight excluding hydrogens is 245 g/mol. The van der Waals surface area contributed by atoms with E-state index in [0.717, 1.165) is 19.3 Å². The van der Waals surface area contributed by atoms with Crippen molar-refractivity contribution >= 4 is 0 Å². The van der Waals surface area contributed by atoms with Gasteiger partial charge >= 0.3 is 0 Å². The molecule has 1 aliphatic rings. The van der Waals surface area contributed by atoms with Crippen molar-refractivity contribution in [3.63, 3.8) is 0 Å². The zero-order valence-corrected chi connectivity index (χ0v) is 10.6. The van der Waals surface area contributed by atoms with E-state index in [-0.39, 0.29) is 11.7 Å². The number of benzene rings is 1. The minimum absolute atomic E-state index is 0.250. The number of hydrogen-bond acceptors (Lipinski definition) is 4. The van der Waals surface area contributed by atoms with Crippen LogP contribution in [-0.4, -0.2) is 16.7 Å². The van der Waals surface area contributed by atoms with E-state index < -0.39 is 0 Å². The first-order valence-corrected chi connectivity index (χ1v) is 6.57. The topological polar surface area (TPSA) is 64.9 Å². The summed E-state index contributed by atoms with van der Waals surface area (Å²) in [5.74, 6) is 1.44. The number of aromatic nitrogens is 2. The van der Waals surface area contributed by atoms with Crippen LogP contribution >= 0.6 is 0 Å². The minimum atomic E-state index is -0.301. The lowest BCUT2D eigenvalue weighted by Crippen LogP contribution is -2.17. The molecule has 2 atom stereocenters. The van der Waals surface area contributed by atoms with Crippen LogP contribution in [0.25, 0.3) is 11.4 Å². The van der Waals surface area contributed by atoms with Gasteiger partial charge in [-0.15, -0.1) is 0 Å². The van der Waals surface area contributed by atoms with Crippen molar-refractivity contribution in [1.82, 2.24) is 10.1 Å². The van der Waals surface area contributed by atoms with Crippen LogP contribution < -0.4 is 5.73 Å². The highest BCUT2D eigenvalue weighted by Crippen LogP contribution is 2.38. The van der Waals surface area contributed by atoms with Crippen molar-refractivity contribution in [3.05, 3.63) is 36.0 Å². The van der Waals surface area contributed by atoms with Crippen molar-refractivity contribution in [2.75, 3.05) is 6.54 Å². The highest BCUT2D eigenvalue weighted by atomic mass is 19.1. The Bertz CT molecular complexity index is 569. The first kappa shape index (κ1) is 12.3. The molecule has 100 valence electrons. The average molecular weight is 261 g/mol. The molecule has 1 aromatic heterocycles. The normalized spacial score (nSPS) is 22.8. The molecule has 0 amide bonds. The van der Waals surface area contributed by atoms with Crippen LogP contribution in [0.5, 0.6) is 0 Å². The molecule has 2 unspecified atom stereocenters. The molecule has 1 aromatic carbocycles. The molecule has 5 heteroatoms. The zero-order valence-electron chi connectivity index (χ0n) is 10.6. The van der Waals surface area contributed by atoms with Gasteiger partial charge in [0.15, 0.2) is 0 Å². The van der Waals surface area contributed by atoms with E-state index in [2.05, 4.69) is 10.1 Å². The fourth-order valence-electron chi connectivity index (χ4n) is 2.77. The zero-order chi connectivity index (χ0) is 13.2. The maximum Gasteiger partial charge on any atom is 0.230 e. The molecule has 0 saturated heterocycles. The Morgan fingerprint density at radius 2 is 2.26 bits per heavy atom. The molecule has 1 aliphatic carbocycles. The van der Waals surface area contributed by atoms with Gasteiger partial charge in [0, 0.05) is 11.5 Å². The number of hydrogen-bond donors (Lipinski definition) is 1. The van der Waals surface area contributed by atoms with Gasteiger partial charge in [0.2, 0.25) is 11.7 Å². The molecule has 2 N–H and O–H groups in total. The van der Waals surface area contributed by atoms with E-state index in [4.69, 9.17) is 10.3 Å². The maximum atomic E-state index is 13.2. The van der Waals surface area contributed by atoms with E-state index in [9.17, 15) is 4.39 Å².